The van der Waals surface area contributed by atoms with Crippen molar-refractivity contribution in [2.45, 2.75) is 13.3 Å². The van der Waals surface area contributed by atoms with Gasteiger partial charge >= 0.3 is 0 Å². The Morgan fingerprint density at radius 1 is 1.08 bits per heavy atom. The first-order chi connectivity index (χ1) is 11.6. The Kier molecular flexibility index (Phi) is 6.14. The molecule has 0 bridgehead atoms. The van der Waals surface area contributed by atoms with E-state index in [1.807, 2.05) is 37.3 Å². The molecule has 0 aliphatic carbocycles. The number of nitrogens with one attached hydrogen (secondary N) is 2. The Hall–Kier alpha value is -3.08. The van der Waals surface area contributed by atoms with E-state index < -0.39 is 5.91 Å². The smallest absolute Gasteiger partial charge is 0.269 e. The van der Waals surface area contributed by atoms with Crippen LogP contribution in [-0.4, -0.2) is 18.9 Å². The predicted molar refractivity (Wildman–Crippen MR) is 93.5 cm³/mol. The third kappa shape index (κ3) is 4.98. The molecule has 24 heavy (non-hydrogen) atoms. The van der Waals surface area contributed by atoms with Crippen LogP contribution in [0.25, 0.3) is 6.08 Å². The average Bonchev–Trinajstić information content (AvgIpc) is 2.64. The second-order valence-electron chi connectivity index (χ2n) is 5.10. The van der Waals surface area contributed by atoms with E-state index in [1.54, 1.807) is 31.4 Å². The fourth-order valence-electron chi connectivity index (χ4n) is 2.04. The summed E-state index contributed by atoms with van der Waals surface area (Å²) in [5, 5.41) is 0. The van der Waals surface area contributed by atoms with Gasteiger partial charge in [0.15, 0.2) is 0 Å². The Bertz CT molecular complexity index is 737. The van der Waals surface area contributed by atoms with Gasteiger partial charge in [0.2, 0.25) is 0 Å². The van der Waals surface area contributed by atoms with Crippen LogP contribution >= 0.6 is 0 Å². The number of benzene rings is 2. The molecule has 0 aromatic heterocycles. The van der Waals surface area contributed by atoms with E-state index in [9.17, 15) is 9.59 Å². The molecule has 0 fully saturated rings. The Labute approximate surface area is 141 Å². The van der Waals surface area contributed by atoms with E-state index in [-0.39, 0.29) is 5.91 Å². The third-order valence-corrected chi connectivity index (χ3v) is 3.44. The lowest BCUT2D eigenvalue weighted by atomic mass is 10.1. The minimum absolute atomic E-state index is 0.360. The molecule has 2 aromatic carbocycles. The summed E-state index contributed by atoms with van der Waals surface area (Å²) >= 11 is 0. The molecular weight excluding hydrogens is 304 g/mol. The molecule has 2 N–H and O–H groups in total. The van der Waals surface area contributed by atoms with Crippen molar-refractivity contribution in [1.82, 2.24) is 10.9 Å². The number of carbonyl (C=O) groups is 2. The number of amides is 2. The minimum Gasteiger partial charge on any atom is -0.497 e. The quantitative estimate of drug-likeness (QED) is 0.656. The van der Waals surface area contributed by atoms with Crippen molar-refractivity contribution in [3.8, 4) is 5.75 Å². The molecule has 0 radical (unpaired) electrons. The van der Waals surface area contributed by atoms with Crippen LogP contribution in [0, 0.1) is 0 Å². The van der Waals surface area contributed by atoms with Gasteiger partial charge < -0.3 is 4.74 Å². The van der Waals surface area contributed by atoms with Crippen molar-refractivity contribution in [3.05, 3.63) is 71.3 Å². The number of methoxy groups -OCH3 is 1. The van der Waals surface area contributed by atoms with E-state index in [1.165, 1.54) is 6.08 Å². The second kappa shape index (κ2) is 8.53. The van der Waals surface area contributed by atoms with Crippen molar-refractivity contribution < 1.29 is 14.3 Å². The molecule has 0 heterocycles. The topological polar surface area (TPSA) is 67.4 Å². The Morgan fingerprint density at radius 3 is 2.50 bits per heavy atom. The number of ether oxygens (including phenoxy) is 1. The summed E-state index contributed by atoms with van der Waals surface area (Å²) in [5.74, 6) is -0.0708. The van der Waals surface area contributed by atoms with Gasteiger partial charge in [-0.1, -0.05) is 31.2 Å². The molecule has 2 aromatic rings. The van der Waals surface area contributed by atoms with Gasteiger partial charge in [-0.05, 0) is 47.9 Å². The number of rotatable bonds is 5. The van der Waals surface area contributed by atoms with Gasteiger partial charge in [-0.15, -0.1) is 0 Å². The lowest BCUT2D eigenvalue weighted by Crippen LogP contribution is -2.40. The molecule has 5 heteroatoms. The van der Waals surface area contributed by atoms with Crippen molar-refractivity contribution >= 4 is 17.9 Å². The van der Waals surface area contributed by atoms with Crippen molar-refractivity contribution in [2.24, 2.45) is 0 Å². The predicted octanol–water partition coefficient (Wildman–Crippen LogP) is 2.73. The van der Waals surface area contributed by atoms with Gasteiger partial charge in [0.25, 0.3) is 11.8 Å². The van der Waals surface area contributed by atoms with Crippen LogP contribution in [0.15, 0.2) is 54.6 Å². The summed E-state index contributed by atoms with van der Waals surface area (Å²) in [6.07, 6.45) is 3.89. The zero-order chi connectivity index (χ0) is 17.4. The van der Waals surface area contributed by atoms with Crippen LogP contribution in [-0.2, 0) is 11.2 Å². The Balaban J connectivity index is 1.87. The van der Waals surface area contributed by atoms with E-state index >= 15 is 0 Å². The average molecular weight is 324 g/mol. The fraction of sp³-hybridized carbons (Fsp3) is 0.158. The van der Waals surface area contributed by atoms with E-state index in [4.69, 9.17) is 4.74 Å². The number of hydrogen-bond acceptors (Lipinski definition) is 3. The number of hydrazine groups is 1. The first-order valence-corrected chi connectivity index (χ1v) is 7.63. The molecule has 5 nitrogen and oxygen atoms in total. The van der Waals surface area contributed by atoms with Crippen molar-refractivity contribution in [1.29, 1.82) is 0 Å². The second-order valence-corrected chi connectivity index (χ2v) is 5.10. The first-order valence-electron chi connectivity index (χ1n) is 7.63. The number of hydrogen-bond donors (Lipinski definition) is 2. The molecule has 0 aliphatic heterocycles. The molecule has 0 aliphatic rings. The molecule has 2 rings (SSSR count). The lowest BCUT2D eigenvalue weighted by Gasteiger charge is -2.06. The van der Waals surface area contributed by atoms with Crippen LogP contribution in [0.5, 0.6) is 5.75 Å². The molecule has 0 atom stereocenters. The lowest BCUT2D eigenvalue weighted by molar-refractivity contribution is -0.117. The molecule has 2 amide bonds. The highest BCUT2D eigenvalue weighted by Crippen LogP contribution is 2.13. The molecular formula is C19H20N2O3. The number of carbonyl (C=O) groups excluding carboxylic acids is 2. The number of aryl methyl sites for hydroxylation is 1. The van der Waals surface area contributed by atoms with Gasteiger partial charge in [0.05, 0.1) is 7.11 Å². The van der Waals surface area contributed by atoms with Crippen LogP contribution < -0.4 is 15.6 Å². The first kappa shape index (κ1) is 17.3. The van der Waals surface area contributed by atoms with Crippen LogP contribution in [0.1, 0.15) is 28.4 Å². The SMILES string of the molecule is CCc1ccc(C(=O)NNC(=O)C=Cc2cccc(OC)c2)cc1. The highest BCUT2D eigenvalue weighted by Gasteiger charge is 2.05. The zero-order valence-electron chi connectivity index (χ0n) is 13.7. The van der Waals surface area contributed by atoms with Gasteiger partial charge in [-0.2, -0.15) is 0 Å². The maximum absolute atomic E-state index is 11.9. The molecule has 0 spiro atoms. The maximum Gasteiger partial charge on any atom is 0.269 e. The maximum atomic E-state index is 11.9. The van der Waals surface area contributed by atoms with Crippen LogP contribution in [0.3, 0.4) is 0 Å². The third-order valence-electron chi connectivity index (χ3n) is 3.44. The summed E-state index contributed by atoms with van der Waals surface area (Å²) in [7, 11) is 1.58. The van der Waals surface area contributed by atoms with Crippen molar-refractivity contribution in [3.63, 3.8) is 0 Å². The van der Waals surface area contributed by atoms with Gasteiger partial charge in [0.1, 0.15) is 5.75 Å². The van der Waals surface area contributed by atoms with Crippen LogP contribution in [0.2, 0.25) is 0 Å². The largest absolute Gasteiger partial charge is 0.497 e. The standard InChI is InChI=1S/C19H20N2O3/c1-3-14-7-10-16(11-8-14)19(23)21-20-18(22)12-9-15-5-4-6-17(13-15)24-2/h4-13H,3H2,1-2H3,(H,20,22)(H,21,23). The summed E-state index contributed by atoms with van der Waals surface area (Å²) < 4.78 is 5.11. The van der Waals surface area contributed by atoms with E-state index in [2.05, 4.69) is 10.9 Å². The summed E-state index contributed by atoms with van der Waals surface area (Å²) in [6, 6.07) is 14.5. The normalized spacial score (nSPS) is 10.4. The fourth-order valence-corrected chi connectivity index (χ4v) is 2.04. The zero-order valence-corrected chi connectivity index (χ0v) is 13.7. The Morgan fingerprint density at radius 2 is 1.83 bits per heavy atom. The van der Waals surface area contributed by atoms with E-state index in [0.29, 0.717) is 11.3 Å². The highest BCUT2D eigenvalue weighted by atomic mass is 16.5. The van der Waals surface area contributed by atoms with Crippen LogP contribution in [0.4, 0.5) is 0 Å². The van der Waals surface area contributed by atoms with Gasteiger partial charge in [-0.3, -0.25) is 20.4 Å². The summed E-state index contributed by atoms with van der Waals surface area (Å²) in [5.41, 5.74) is 7.20. The molecule has 124 valence electrons. The van der Waals surface area contributed by atoms with Gasteiger partial charge in [-0.25, -0.2) is 0 Å². The highest BCUT2D eigenvalue weighted by molar-refractivity contribution is 5.97. The molecule has 0 saturated carbocycles. The molecule has 0 saturated heterocycles. The van der Waals surface area contributed by atoms with Crippen molar-refractivity contribution in [2.75, 3.05) is 7.11 Å². The summed E-state index contributed by atoms with van der Waals surface area (Å²) in [4.78, 5) is 23.7. The van der Waals surface area contributed by atoms with E-state index in [0.717, 1.165) is 17.5 Å². The minimum atomic E-state index is -0.420. The monoisotopic (exact) mass is 324 g/mol. The summed E-state index contributed by atoms with van der Waals surface area (Å²) in [6.45, 7) is 2.05. The molecule has 0 unspecified atom stereocenters. The van der Waals surface area contributed by atoms with Gasteiger partial charge in [0, 0.05) is 11.6 Å².